The van der Waals surface area contributed by atoms with Crippen molar-refractivity contribution in [2.75, 3.05) is 19.6 Å². The van der Waals surface area contributed by atoms with Gasteiger partial charge in [-0.25, -0.2) is 8.42 Å². The molecule has 2 aliphatic heterocycles. The predicted molar refractivity (Wildman–Crippen MR) is 126 cm³/mol. The number of piperidine rings is 1. The van der Waals surface area contributed by atoms with E-state index in [-0.39, 0.29) is 10.8 Å². The van der Waals surface area contributed by atoms with E-state index in [0.717, 1.165) is 25.2 Å². The van der Waals surface area contributed by atoms with Crippen LogP contribution in [0.25, 0.3) is 0 Å². The maximum absolute atomic E-state index is 13.1. The topological polar surface area (TPSA) is 69.7 Å². The van der Waals surface area contributed by atoms with Crippen LogP contribution >= 0.6 is 11.6 Å². The van der Waals surface area contributed by atoms with Crippen LogP contribution in [0.2, 0.25) is 5.02 Å². The summed E-state index contributed by atoms with van der Waals surface area (Å²) in [4.78, 5) is 15.5. The molecule has 1 unspecified atom stereocenters. The Hall–Kier alpha value is -1.93. The van der Waals surface area contributed by atoms with E-state index in [1.54, 1.807) is 12.1 Å². The molecule has 8 heteroatoms. The van der Waals surface area contributed by atoms with Gasteiger partial charge in [0, 0.05) is 24.7 Å². The van der Waals surface area contributed by atoms with Gasteiger partial charge < -0.3 is 5.32 Å². The van der Waals surface area contributed by atoms with Crippen molar-refractivity contribution in [1.82, 2.24) is 14.5 Å². The highest BCUT2D eigenvalue weighted by atomic mass is 35.5. The van der Waals surface area contributed by atoms with Crippen LogP contribution in [0, 0.1) is 0 Å². The van der Waals surface area contributed by atoms with Crippen LogP contribution in [-0.2, 0) is 27.9 Å². The van der Waals surface area contributed by atoms with Gasteiger partial charge >= 0.3 is 0 Å². The van der Waals surface area contributed by atoms with Crippen molar-refractivity contribution in [3.8, 4) is 0 Å². The summed E-state index contributed by atoms with van der Waals surface area (Å²) < 4.78 is 27.5. The molecule has 2 saturated heterocycles. The highest BCUT2D eigenvalue weighted by molar-refractivity contribution is 7.89. The summed E-state index contributed by atoms with van der Waals surface area (Å²) in [7, 11) is -3.75. The number of likely N-dealkylation sites (tertiary alicyclic amines) is 1. The third-order valence-corrected chi connectivity index (χ3v) is 8.41. The molecule has 32 heavy (non-hydrogen) atoms. The van der Waals surface area contributed by atoms with Gasteiger partial charge in [-0.15, -0.1) is 0 Å². The van der Waals surface area contributed by atoms with Gasteiger partial charge in [0.15, 0.2) is 0 Å². The molecule has 0 saturated carbocycles. The number of benzene rings is 2. The van der Waals surface area contributed by atoms with Crippen LogP contribution in [0.5, 0.6) is 0 Å². The summed E-state index contributed by atoms with van der Waals surface area (Å²) in [5.74, 6) is -0.249. The Morgan fingerprint density at radius 1 is 0.969 bits per heavy atom. The molecule has 172 valence electrons. The SMILES string of the molecule is O=C(NCc1cccc(CN2CCCCC2)c1)C1CCCN1S(=O)(=O)c1ccc(Cl)cc1. The van der Waals surface area contributed by atoms with Gasteiger partial charge in [-0.05, 0) is 74.2 Å². The largest absolute Gasteiger partial charge is 0.351 e. The summed E-state index contributed by atoms with van der Waals surface area (Å²) in [6.07, 6.45) is 5.01. The summed E-state index contributed by atoms with van der Waals surface area (Å²) in [6.45, 7) is 3.94. The third-order valence-electron chi connectivity index (χ3n) is 6.24. The second-order valence-electron chi connectivity index (χ2n) is 8.60. The maximum atomic E-state index is 13.1. The Morgan fingerprint density at radius 2 is 1.69 bits per heavy atom. The van der Waals surface area contributed by atoms with E-state index < -0.39 is 16.1 Å². The standard InChI is InChI=1S/C24H30ClN3O3S/c25-21-9-11-22(12-10-21)32(30,31)28-15-5-8-23(28)24(29)26-17-19-6-4-7-20(16-19)18-27-13-2-1-3-14-27/h4,6-7,9-12,16,23H,1-3,5,8,13-15,17-18H2,(H,26,29). The van der Waals surface area contributed by atoms with Gasteiger partial charge in [-0.2, -0.15) is 4.31 Å². The zero-order chi connectivity index (χ0) is 22.6. The second kappa shape index (κ2) is 10.3. The first-order valence-corrected chi connectivity index (χ1v) is 13.1. The molecule has 0 aliphatic carbocycles. The van der Waals surface area contributed by atoms with Crippen molar-refractivity contribution < 1.29 is 13.2 Å². The van der Waals surface area contributed by atoms with Crippen molar-refractivity contribution >= 4 is 27.5 Å². The van der Waals surface area contributed by atoms with Crippen molar-refractivity contribution in [2.45, 2.75) is 56.1 Å². The quantitative estimate of drug-likeness (QED) is 0.661. The Bertz CT molecular complexity index is 1040. The molecule has 2 aromatic carbocycles. The molecule has 2 aliphatic rings. The second-order valence-corrected chi connectivity index (χ2v) is 10.9. The van der Waals surface area contributed by atoms with Crippen molar-refractivity contribution in [3.05, 3.63) is 64.7 Å². The molecule has 0 radical (unpaired) electrons. The van der Waals surface area contributed by atoms with Crippen molar-refractivity contribution in [3.63, 3.8) is 0 Å². The monoisotopic (exact) mass is 475 g/mol. The first-order chi connectivity index (χ1) is 15.4. The molecule has 4 rings (SSSR count). The van der Waals surface area contributed by atoms with E-state index >= 15 is 0 Å². The third kappa shape index (κ3) is 5.52. The zero-order valence-electron chi connectivity index (χ0n) is 18.2. The lowest BCUT2D eigenvalue weighted by molar-refractivity contribution is -0.124. The Morgan fingerprint density at radius 3 is 2.44 bits per heavy atom. The molecule has 6 nitrogen and oxygen atoms in total. The minimum absolute atomic E-state index is 0.159. The van der Waals surface area contributed by atoms with E-state index in [2.05, 4.69) is 22.3 Å². The number of nitrogens with zero attached hydrogens (tertiary/aromatic N) is 2. The predicted octanol–water partition coefficient (Wildman–Crippen LogP) is 3.80. The Balaban J connectivity index is 1.38. The summed E-state index contributed by atoms with van der Waals surface area (Å²) in [5.41, 5.74) is 2.27. The fourth-order valence-corrected chi connectivity index (χ4v) is 6.33. The minimum atomic E-state index is -3.75. The lowest BCUT2D eigenvalue weighted by Crippen LogP contribution is -2.45. The van der Waals surface area contributed by atoms with Gasteiger partial charge in [0.05, 0.1) is 4.90 Å². The number of rotatable bonds is 7. The first-order valence-electron chi connectivity index (χ1n) is 11.3. The highest BCUT2D eigenvalue weighted by Gasteiger charge is 2.39. The van der Waals surface area contributed by atoms with Crippen molar-refractivity contribution in [1.29, 1.82) is 0 Å². The van der Waals surface area contributed by atoms with Gasteiger partial charge in [0.1, 0.15) is 6.04 Å². The first kappa shape index (κ1) is 23.2. The summed E-state index contributed by atoms with van der Waals surface area (Å²) in [6, 6.07) is 13.7. The minimum Gasteiger partial charge on any atom is -0.351 e. The van der Waals surface area contributed by atoms with Crippen LogP contribution in [-0.4, -0.2) is 49.2 Å². The normalized spacial score (nSPS) is 20.3. The van der Waals surface area contributed by atoms with Crippen LogP contribution in [0.15, 0.2) is 53.4 Å². The Labute approximate surface area is 195 Å². The molecule has 2 fully saturated rings. The molecule has 2 aromatic rings. The van der Waals surface area contributed by atoms with E-state index in [9.17, 15) is 13.2 Å². The zero-order valence-corrected chi connectivity index (χ0v) is 19.7. The molecular weight excluding hydrogens is 446 g/mol. The van der Waals surface area contributed by atoms with E-state index in [1.165, 1.54) is 41.3 Å². The van der Waals surface area contributed by atoms with Gasteiger partial charge in [-0.1, -0.05) is 42.3 Å². The molecule has 0 aromatic heterocycles. The molecule has 0 bridgehead atoms. The fourth-order valence-electron chi connectivity index (χ4n) is 4.55. The number of sulfonamides is 1. The van der Waals surface area contributed by atoms with Gasteiger partial charge in [0.2, 0.25) is 15.9 Å². The number of nitrogens with one attached hydrogen (secondary N) is 1. The average Bonchev–Trinajstić information content (AvgIpc) is 3.30. The Kier molecular flexibility index (Phi) is 7.51. The fraction of sp³-hybridized carbons (Fsp3) is 0.458. The highest BCUT2D eigenvalue weighted by Crippen LogP contribution is 2.27. The van der Waals surface area contributed by atoms with Crippen LogP contribution < -0.4 is 5.32 Å². The van der Waals surface area contributed by atoms with Crippen LogP contribution in [0.3, 0.4) is 0 Å². The lowest BCUT2D eigenvalue weighted by atomic mass is 10.1. The lowest BCUT2D eigenvalue weighted by Gasteiger charge is -2.26. The van der Waals surface area contributed by atoms with E-state index in [4.69, 9.17) is 11.6 Å². The molecule has 0 spiro atoms. The molecular formula is C24H30ClN3O3S. The van der Waals surface area contributed by atoms with Gasteiger partial charge in [0.25, 0.3) is 0 Å². The number of carbonyl (C=O) groups is 1. The number of halogens is 1. The maximum Gasteiger partial charge on any atom is 0.243 e. The van der Waals surface area contributed by atoms with Gasteiger partial charge in [-0.3, -0.25) is 9.69 Å². The number of hydrogen-bond acceptors (Lipinski definition) is 4. The molecule has 2 heterocycles. The summed E-state index contributed by atoms with van der Waals surface area (Å²) >= 11 is 5.89. The molecule has 1 amide bonds. The van der Waals surface area contributed by atoms with E-state index in [0.29, 0.717) is 31.0 Å². The number of hydrogen-bond donors (Lipinski definition) is 1. The van der Waals surface area contributed by atoms with Crippen molar-refractivity contribution in [2.24, 2.45) is 0 Å². The number of carbonyl (C=O) groups excluding carboxylic acids is 1. The van der Waals surface area contributed by atoms with E-state index in [1.807, 2.05) is 12.1 Å². The van der Waals surface area contributed by atoms with Crippen LogP contribution in [0.1, 0.15) is 43.2 Å². The summed E-state index contributed by atoms with van der Waals surface area (Å²) in [5, 5.41) is 3.43. The smallest absolute Gasteiger partial charge is 0.243 e. The average molecular weight is 476 g/mol. The van der Waals surface area contributed by atoms with Crippen LogP contribution in [0.4, 0.5) is 0 Å². The molecule has 1 atom stereocenters. The number of amides is 1. The molecule has 1 N–H and O–H groups in total.